The number of nitrogens with zero attached hydrogens (tertiary/aromatic N) is 1. The summed E-state index contributed by atoms with van der Waals surface area (Å²) in [6.07, 6.45) is -58.5. The van der Waals surface area contributed by atoms with Gasteiger partial charge in [-0.15, -0.1) is 13.2 Å². The van der Waals surface area contributed by atoms with Gasteiger partial charge in [-0.2, -0.15) is 132 Å². The normalized spacial score (nSPS) is 13.4. The van der Waals surface area contributed by atoms with Crippen molar-refractivity contribution in [1.82, 2.24) is 0 Å². The van der Waals surface area contributed by atoms with Crippen molar-refractivity contribution < 1.29 is 137 Å². The average molecular weight is 1170 g/mol. The van der Waals surface area contributed by atoms with Crippen LogP contribution >= 0.6 is 0 Å². The molecule has 0 fully saturated rings. The molecule has 426 valence electrons. The largest absolute Gasteiger partial charge is 0.575 e. The highest BCUT2D eigenvalue weighted by molar-refractivity contribution is 7.20. The standard InChI is InChI=1S/C32H12BF24.C15H11F3NO3/c34-25(35,36)13-1-14(26(37,38)39)6-21(5-13)33(22-7-15(27(40,41)42)2-16(8-22)28(43,44)45,23-9-17(29(46,47)48)3-18(10-23)30(49,50)51)24-11-19(31(52,53)54)4-20(12-24)32(55,56)57;16-15(17,18)22-14(21)12-8-4-5-9-19(12)10-13(20)11-6-2-1-3-7-11/h1-12H;1-9H,10H2/q-1;+1. The highest BCUT2D eigenvalue weighted by atomic mass is 19.4. The monoisotopic (exact) mass is 1170 g/mol. The highest BCUT2D eigenvalue weighted by Crippen LogP contribution is 2.41. The van der Waals surface area contributed by atoms with Gasteiger partial charge in [0.1, 0.15) is 6.15 Å². The van der Waals surface area contributed by atoms with Crippen molar-refractivity contribution in [2.45, 2.75) is 62.3 Å². The Morgan fingerprint density at radius 2 is 0.608 bits per heavy atom. The van der Waals surface area contributed by atoms with Gasteiger partial charge in [-0.25, -0.2) is 4.79 Å². The molecule has 0 spiro atoms. The smallest absolute Gasteiger partial charge is 0.365 e. The van der Waals surface area contributed by atoms with Crippen molar-refractivity contribution in [2.24, 2.45) is 0 Å². The van der Waals surface area contributed by atoms with E-state index in [1.165, 1.54) is 18.3 Å². The molecule has 32 heteroatoms. The van der Waals surface area contributed by atoms with Gasteiger partial charge in [0.25, 0.3) is 5.69 Å². The number of esters is 1. The molecule has 79 heavy (non-hydrogen) atoms. The molecule has 0 atom stereocenters. The Balaban J connectivity index is 0.000000433. The fourth-order valence-corrected chi connectivity index (χ4v) is 7.90. The first kappa shape index (κ1) is 62.4. The fourth-order valence-electron chi connectivity index (χ4n) is 7.90. The molecule has 0 radical (unpaired) electrons. The Hall–Kier alpha value is -7.44. The van der Waals surface area contributed by atoms with Crippen LogP contribution in [0.15, 0.2) is 128 Å². The fraction of sp³-hybridized carbons (Fsp3) is 0.213. The molecule has 0 saturated carbocycles. The number of hydrogen-bond donors (Lipinski definition) is 0. The lowest BCUT2D eigenvalue weighted by Crippen LogP contribution is -2.75. The summed E-state index contributed by atoms with van der Waals surface area (Å²) in [5.41, 5.74) is -30.2. The molecule has 0 bridgehead atoms. The van der Waals surface area contributed by atoms with Crippen molar-refractivity contribution in [3.63, 3.8) is 0 Å². The SMILES string of the molecule is FC(F)(F)c1cc([B-](c2cc(C(F)(F)F)cc(C(F)(F)F)c2)(c2cc(C(F)(F)F)cc(C(F)(F)F)c2)c2cc(C(F)(F)F)cc(C(F)(F)F)c2)cc(C(F)(F)F)c1.O=C(C[n+]1ccccc1C(=O)OC(F)(F)F)c1ccccc1. The molecule has 0 N–H and O–H groups in total. The van der Waals surface area contributed by atoms with Gasteiger partial charge in [0.15, 0.2) is 6.20 Å². The van der Waals surface area contributed by atoms with Gasteiger partial charge in [0.2, 0.25) is 12.3 Å². The molecule has 0 saturated heterocycles. The first-order valence-electron chi connectivity index (χ1n) is 20.9. The van der Waals surface area contributed by atoms with Crippen LogP contribution in [-0.2, 0) is 60.7 Å². The summed E-state index contributed by atoms with van der Waals surface area (Å²) < 4.78 is 382. The summed E-state index contributed by atoms with van der Waals surface area (Å²) in [7, 11) is 0. The highest BCUT2D eigenvalue weighted by Gasteiger charge is 2.47. The number of benzene rings is 5. The average Bonchev–Trinajstić information content (AvgIpc) is 3.29. The minimum absolute atomic E-state index is 0.271. The molecule has 1 heterocycles. The van der Waals surface area contributed by atoms with Crippen molar-refractivity contribution >= 4 is 39.7 Å². The minimum atomic E-state index is -6.13. The van der Waals surface area contributed by atoms with E-state index in [4.69, 9.17) is 0 Å². The molecule has 0 amide bonds. The number of carbonyl (C=O) groups excluding carboxylic acids is 2. The van der Waals surface area contributed by atoms with Crippen LogP contribution in [0.25, 0.3) is 0 Å². The van der Waals surface area contributed by atoms with Crippen LogP contribution in [-0.4, -0.2) is 24.3 Å². The Morgan fingerprint density at radius 1 is 0.354 bits per heavy atom. The van der Waals surface area contributed by atoms with Gasteiger partial charge >= 0.3 is 61.7 Å². The van der Waals surface area contributed by atoms with Gasteiger partial charge in [-0.1, -0.05) is 78.9 Å². The Labute approximate surface area is 422 Å². The second-order valence-electron chi connectivity index (χ2n) is 16.6. The van der Waals surface area contributed by atoms with Crippen molar-refractivity contribution in [3.05, 3.63) is 183 Å². The Morgan fingerprint density at radius 3 is 0.848 bits per heavy atom. The number of alkyl halides is 27. The van der Waals surface area contributed by atoms with Gasteiger partial charge in [-0.05, 0) is 30.3 Å². The molecular formula is C47H23BF27NO3. The zero-order valence-electron chi connectivity index (χ0n) is 37.8. The number of ether oxygens (including phenoxy) is 1. The Kier molecular flexibility index (Phi) is 16.8. The lowest BCUT2D eigenvalue weighted by atomic mass is 9.12. The summed E-state index contributed by atoms with van der Waals surface area (Å²) >= 11 is 0. The van der Waals surface area contributed by atoms with E-state index in [1.54, 1.807) is 30.3 Å². The Bertz CT molecular complexity index is 2760. The number of halogens is 27. The van der Waals surface area contributed by atoms with E-state index in [0.717, 1.165) is 10.6 Å². The molecule has 0 aliphatic heterocycles. The van der Waals surface area contributed by atoms with Crippen LogP contribution in [0.1, 0.15) is 65.4 Å². The van der Waals surface area contributed by atoms with E-state index in [2.05, 4.69) is 4.74 Å². The molecule has 4 nitrogen and oxygen atoms in total. The second kappa shape index (κ2) is 21.3. The maximum absolute atomic E-state index is 14.2. The predicted octanol–water partition coefficient (Wildman–Crippen LogP) is 13.7. The van der Waals surface area contributed by atoms with Crippen LogP contribution in [0, 0.1) is 0 Å². The van der Waals surface area contributed by atoms with Gasteiger partial charge in [0.05, 0.1) is 44.5 Å². The number of ketones is 1. The molecule has 6 aromatic rings. The maximum Gasteiger partial charge on any atom is 0.575 e. The van der Waals surface area contributed by atoms with Crippen LogP contribution in [0.3, 0.4) is 0 Å². The van der Waals surface area contributed by atoms with E-state index in [9.17, 15) is 128 Å². The van der Waals surface area contributed by atoms with Gasteiger partial charge in [0, 0.05) is 17.7 Å². The summed E-state index contributed by atoms with van der Waals surface area (Å²) in [6, 6.07) is 3.47. The molecule has 0 unspecified atom stereocenters. The summed E-state index contributed by atoms with van der Waals surface area (Å²) in [5.74, 6) is -1.90. The third-order valence-corrected chi connectivity index (χ3v) is 11.2. The summed E-state index contributed by atoms with van der Waals surface area (Å²) in [6.45, 7) is -0.271. The first-order chi connectivity index (χ1) is 35.6. The maximum atomic E-state index is 14.2. The predicted molar refractivity (Wildman–Crippen MR) is 219 cm³/mol. The zero-order valence-corrected chi connectivity index (χ0v) is 37.8. The van der Waals surface area contributed by atoms with Gasteiger partial charge < -0.3 is 4.74 Å². The molecular weight excluding hydrogens is 1150 g/mol. The summed E-state index contributed by atoms with van der Waals surface area (Å²) in [5, 5.41) is 0. The van der Waals surface area contributed by atoms with Crippen LogP contribution < -0.4 is 26.4 Å². The van der Waals surface area contributed by atoms with Crippen molar-refractivity contribution in [2.75, 3.05) is 0 Å². The van der Waals surface area contributed by atoms with Crippen LogP contribution in [0.5, 0.6) is 0 Å². The number of carbonyl (C=O) groups is 2. The van der Waals surface area contributed by atoms with Crippen molar-refractivity contribution in [1.29, 1.82) is 0 Å². The minimum Gasteiger partial charge on any atom is -0.365 e. The first-order valence-corrected chi connectivity index (χ1v) is 20.9. The zero-order chi connectivity index (χ0) is 60.1. The van der Waals surface area contributed by atoms with Crippen LogP contribution in [0.4, 0.5) is 119 Å². The van der Waals surface area contributed by atoms with E-state index in [0.29, 0.717) is 5.56 Å². The van der Waals surface area contributed by atoms with E-state index in [-0.39, 0.29) is 18.0 Å². The van der Waals surface area contributed by atoms with E-state index >= 15 is 0 Å². The third kappa shape index (κ3) is 15.0. The number of pyridine rings is 1. The molecule has 0 aliphatic rings. The van der Waals surface area contributed by atoms with Crippen molar-refractivity contribution in [3.8, 4) is 0 Å². The molecule has 5 aromatic carbocycles. The summed E-state index contributed by atoms with van der Waals surface area (Å²) in [4.78, 5) is 23.6. The van der Waals surface area contributed by atoms with Gasteiger partial charge in [-0.3, -0.25) is 4.79 Å². The number of rotatable bonds is 8. The topological polar surface area (TPSA) is 47.2 Å². The quantitative estimate of drug-likeness (QED) is 0.0502. The number of Topliss-reactive ketones (excluding diaryl/α,β-unsaturated/α-hetero) is 1. The lowest BCUT2D eigenvalue weighted by Gasteiger charge is -2.46. The molecule has 1 aromatic heterocycles. The molecule has 6 rings (SSSR count). The number of hydrogen-bond acceptors (Lipinski definition) is 3. The van der Waals surface area contributed by atoms with E-state index < -0.39 is 207 Å². The third-order valence-electron chi connectivity index (χ3n) is 11.2. The van der Waals surface area contributed by atoms with Crippen LogP contribution in [0.2, 0.25) is 0 Å². The lowest BCUT2D eigenvalue weighted by molar-refractivity contribution is -0.686. The number of aromatic nitrogens is 1. The molecule has 0 aliphatic carbocycles. The van der Waals surface area contributed by atoms with E-state index in [1.807, 2.05) is 0 Å². The second-order valence-corrected chi connectivity index (χ2v) is 16.6.